The lowest BCUT2D eigenvalue weighted by molar-refractivity contribution is -0.676. The largest absolute Gasteiger partial charge is 0.341 e. The molecule has 1 aromatic heterocycles. The van der Waals surface area contributed by atoms with Crippen LogP contribution in [-0.4, -0.2) is 25.5 Å². The minimum absolute atomic E-state index is 0.0430. The Morgan fingerprint density at radius 3 is 2.40 bits per heavy atom. The molecule has 3 amide bonds. The summed E-state index contributed by atoms with van der Waals surface area (Å²) < 4.78 is 0. The van der Waals surface area contributed by atoms with E-state index in [0.29, 0.717) is 5.92 Å². The van der Waals surface area contributed by atoms with Gasteiger partial charge in [-0.25, -0.2) is 4.79 Å². The van der Waals surface area contributed by atoms with E-state index in [1.54, 1.807) is 11.3 Å². The van der Waals surface area contributed by atoms with Crippen LogP contribution in [0.15, 0.2) is 41.8 Å². The molecule has 1 aromatic carbocycles. The zero-order valence-corrected chi connectivity index (χ0v) is 15.7. The van der Waals surface area contributed by atoms with Gasteiger partial charge in [0.25, 0.3) is 5.91 Å². The summed E-state index contributed by atoms with van der Waals surface area (Å²) in [7, 11) is 1.49. The zero-order valence-electron chi connectivity index (χ0n) is 14.9. The van der Waals surface area contributed by atoms with Crippen molar-refractivity contribution < 1.29 is 14.9 Å². The Morgan fingerprint density at radius 2 is 1.84 bits per heavy atom. The van der Waals surface area contributed by atoms with Crippen LogP contribution >= 0.6 is 11.3 Å². The van der Waals surface area contributed by atoms with Crippen LogP contribution in [0.3, 0.4) is 0 Å². The Labute approximate surface area is 152 Å². The standard InChI is InChI=1S/C19H25N3O2S/c1-4-13(2)14-7-9-15(10-8-14)18(16-6-5-11-25-16)21-12-17(23)22-19(24)20-3/h5-11,13,18,21H,4,12H2,1-3H3,(H2,20,22,23,24)/p+1/t13-,18-/m0/s1. The molecule has 134 valence electrons. The van der Waals surface area contributed by atoms with Gasteiger partial charge in [-0.1, -0.05) is 44.2 Å². The quantitative estimate of drug-likeness (QED) is 0.709. The van der Waals surface area contributed by atoms with Crippen molar-refractivity contribution in [2.24, 2.45) is 0 Å². The maximum Gasteiger partial charge on any atom is 0.321 e. The lowest BCUT2D eigenvalue weighted by Crippen LogP contribution is -2.87. The molecule has 5 nitrogen and oxygen atoms in total. The molecule has 1 heterocycles. The van der Waals surface area contributed by atoms with Crippen molar-refractivity contribution in [1.82, 2.24) is 10.6 Å². The number of hydrogen-bond acceptors (Lipinski definition) is 3. The van der Waals surface area contributed by atoms with E-state index in [0.717, 1.165) is 12.0 Å². The number of benzene rings is 1. The minimum Gasteiger partial charge on any atom is -0.341 e. The molecule has 2 rings (SSSR count). The van der Waals surface area contributed by atoms with E-state index in [1.165, 1.54) is 17.5 Å². The van der Waals surface area contributed by atoms with Crippen molar-refractivity contribution in [1.29, 1.82) is 0 Å². The fourth-order valence-electron chi connectivity index (χ4n) is 2.62. The molecule has 2 aromatic rings. The van der Waals surface area contributed by atoms with E-state index in [2.05, 4.69) is 54.8 Å². The SMILES string of the molecule is CC[C@H](C)c1ccc([C@H]([NH2+]CC(=O)NC(=O)NC)c2cccs2)cc1. The summed E-state index contributed by atoms with van der Waals surface area (Å²) in [6.45, 7) is 4.59. The van der Waals surface area contributed by atoms with Gasteiger partial charge in [-0.05, 0) is 29.3 Å². The molecule has 0 bridgehead atoms. The van der Waals surface area contributed by atoms with Crippen LogP contribution in [-0.2, 0) is 4.79 Å². The number of rotatable bonds is 7. The normalized spacial score (nSPS) is 13.1. The Morgan fingerprint density at radius 1 is 1.16 bits per heavy atom. The van der Waals surface area contributed by atoms with E-state index < -0.39 is 6.03 Å². The topological polar surface area (TPSA) is 74.8 Å². The van der Waals surface area contributed by atoms with Crippen molar-refractivity contribution in [3.8, 4) is 0 Å². The molecule has 0 aliphatic carbocycles. The number of urea groups is 1. The van der Waals surface area contributed by atoms with Crippen LogP contribution in [0.2, 0.25) is 0 Å². The number of quaternary nitrogens is 1. The number of thiophene rings is 1. The Kier molecular flexibility index (Phi) is 7.16. The second kappa shape index (κ2) is 9.34. The first kappa shape index (κ1) is 19.1. The van der Waals surface area contributed by atoms with Gasteiger partial charge in [0, 0.05) is 12.6 Å². The highest BCUT2D eigenvalue weighted by Crippen LogP contribution is 2.25. The third-order valence-corrected chi connectivity index (χ3v) is 5.30. The number of nitrogens with two attached hydrogens (primary N) is 1. The number of nitrogens with one attached hydrogen (secondary N) is 2. The first-order chi connectivity index (χ1) is 12.0. The lowest BCUT2D eigenvalue weighted by atomic mass is 9.95. The number of amides is 3. The van der Waals surface area contributed by atoms with Crippen LogP contribution in [0.5, 0.6) is 0 Å². The van der Waals surface area contributed by atoms with Crippen molar-refractivity contribution in [2.45, 2.75) is 32.2 Å². The van der Waals surface area contributed by atoms with E-state index in [9.17, 15) is 9.59 Å². The Bertz CT molecular complexity index is 683. The molecule has 0 unspecified atom stereocenters. The van der Waals surface area contributed by atoms with Crippen LogP contribution < -0.4 is 16.0 Å². The molecule has 0 spiro atoms. The predicted octanol–water partition coefficient (Wildman–Crippen LogP) is 2.37. The maximum absolute atomic E-state index is 11.9. The lowest BCUT2D eigenvalue weighted by Gasteiger charge is -2.16. The van der Waals surface area contributed by atoms with Crippen molar-refractivity contribution in [2.75, 3.05) is 13.6 Å². The van der Waals surface area contributed by atoms with Gasteiger partial charge in [0.2, 0.25) is 0 Å². The highest BCUT2D eigenvalue weighted by Gasteiger charge is 2.21. The number of carbonyl (C=O) groups excluding carboxylic acids is 2. The average molecular weight is 361 g/mol. The van der Waals surface area contributed by atoms with Crippen molar-refractivity contribution >= 4 is 23.3 Å². The molecule has 0 radical (unpaired) electrons. The predicted molar refractivity (Wildman–Crippen MR) is 101 cm³/mol. The van der Waals surface area contributed by atoms with Gasteiger partial charge in [-0.3, -0.25) is 10.1 Å². The summed E-state index contributed by atoms with van der Waals surface area (Å²) >= 11 is 1.67. The number of hydrogen-bond donors (Lipinski definition) is 3. The smallest absolute Gasteiger partial charge is 0.321 e. The Balaban J connectivity index is 2.11. The third kappa shape index (κ3) is 5.41. The summed E-state index contributed by atoms with van der Waals surface area (Å²) in [5.74, 6) is 0.230. The number of carbonyl (C=O) groups is 2. The first-order valence-electron chi connectivity index (χ1n) is 8.53. The van der Waals surface area contributed by atoms with E-state index in [1.807, 2.05) is 16.8 Å². The van der Waals surface area contributed by atoms with Crippen molar-refractivity contribution in [3.63, 3.8) is 0 Å². The van der Waals surface area contributed by atoms with Crippen LogP contribution in [0.4, 0.5) is 4.79 Å². The van der Waals surface area contributed by atoms with E-state index in [-0.39, 0.29) is 18.5 Å². The van der Waals surface area contributed by atoms with Gasteiger partial charge in [-0.2, -0.15) is 0 Å². The fourth-order valence-corrected chi connectivity index (χ4v) is 3.47. The molecule has 4 N–H and O–H groups in total. The molecular formula is C19H26N3O2S+. The van der Waals surface area contributed by atoms with Gasteiger partial charge < -0.3 is 10.6 Å². The van der Waals surface area contributed by atoms with Crippen molar-refractivity contribution in [3.05, 3.63) is 57.8 Å². The first-order valence-corrected chi connectivity index (χ1v) is 9.41. The summed E-state index contributed by atoms with van der Waals surface area (Å²) in [4.78, 5) is 24.3. The highest BCUT2D eigenvalue weighted by atomic mass is 32.1. The van der Waals surface area contributed by atoms with Crippen LogP contribution in [0, 0.1) is 0 Å². The molecule has 6 heteroatoms. The van der Waals surface area contributed by atoms with Gasteiger partial charge in [0.15, 0.2) is 6.54 Å². The fraction of sp³-hybridized carbons (Fsp3) is 0.368. The van der Waals surface area contributed by atoms with Crippen LogP contribution in [0.1, 0.15) is 48.2 Å². The maximum atomic E-state index is 11.9. The van der Waals surface area contributed by atoms with Crippen LogP contribution in [0.25, 0.3) is 0 Å². The number of imide groups is 1. The molecule has 0 saturated heterocycles. The van der Waals surface area contributed by atoms with Gasteiger partial charge in [-0.15, -0.1) is 11.3 Å². The monoisotopic (exact) mass is 360 g/mol. The third-order valence-electron chi connectivity index (χ3n) is 4.35. The van der Waals surface area contributed by atoms with E-state index >= 15 is 0 Å². The molecule has 25 heavy (non-hydrogen) atoms. The average Bonchev–Trinajstić information content (AvgIpc) is 3.16. The molecule has 0 aliphatic rings. The molecule has 2 atom stereocenters. The second-order valence-corrected chi connectivity index (χ2v) is 7.02. The van der Waals surface area contributed by atoms with Gasteiger partial charge in [0.1, 0.15) is 6.04 Å². The summed E-state index contributed by atoms with van der Waals surface area (Å²) in [5, 5.41) is 8.68. The molecule has 0 fully saturated rings. The summed E-state index contributed by atoms with van der Waals surface area (Å²) in [6, 6.07) is 12.3. The molecule has 0 saturated carbocycles. The highest BCUT2D eigenvalue weighted by molar-refractivity contribution is 7.10. The van der Waals surface area contributed by atoms with E-state index in [4.69, 9.17) is 0 Å². The minimum atomic E-state index is -0.482. The Hall–Kier alpha value is -2.18. The molecular weight excluding hydrogens is 334 g/mol. The summed E-state index contributed by atoms with van der Waals surface area (Å²) in [6.07, 6.45) is 1.11. The summed E-state index contributed by atoms with van der Waals surface area (Å²) in [5.41, 5.74) is 2.48. The van der Waals surface area contributed by atoms with Gasteiger partial charge >= 0.3 is 6.03 Å². The second-order valence-electron chi connectivity index (χ2n) is 6.04. The zero-order chi connectivity index (χ0) is 18.2. The molecule has 0 aliphatic heterocycles. The van der Waals surface area contributed by atoms with Gasteiger partial charge in [0.05, 0.1) is 4.88 Å².